The lowest BCUT2D eigenvalue weighted by atomic mass is 10.1. The quantitative estimate of drug-likeness (QED) is 0.633. The molecule has 3 amide bonds. The summed E-state index contributed by atoms with van der Waals surface area (Å²) in [6, 6.07) is 2.66. The van der Waals surface area contributed by atoms with E-state index in [-0.39, 0.29) is 51.9 Å². The van der Waals surface area contributed by atoms with Gasteiger partial charge in [0.2, 0.25) is 11.7 Å². The second-order valence-corrected chi connectivity index (χ2v) is 6.52. The minimum absolute atomic E-state index is 0.0139. The maximum absolute atomic E-state index is 13.8. The third-order valence-electron chi connectivity index (χ3n) is 4.17. The number of nitrogens with one attached hydrogen (secondary N) is 3. The summed E-state index contributed by atoms with van der Waals surface area (Å²) >= 11 is 6.09. The molecule has 1 atom stereocenters. The molecule has 1 unspecified atom stereocenters. The molecule has 0 radical (unpaired) electrons. The smallest absolute Gasteiger partial charge is 0.376 e. The molecule has 1 aromatic carbocycles. The number of carbonyl (C=O) groups is 3. The van der Waals surface area contributed by atoms with E-state index in [0.717, 1.165) is 13.2 Å². The third-order valence-corrected chi connectivity index (χ3v) is 4.48. The highest BCUT2D eigenvalue weighted by atomic mass is 35.5. The zero-order chi connectivity index (χ0) is 21.1. The van der Waals surface area contributed by atoms with Gasteiger partial charge in [-0.2, -0.15) is 0 Å². The van der Waals surface area contributed by atoms with Gasteiger partial charge in [0.25, 0.3) is 0 Å². The zero-order valence-electron chi connectivity index (χ0n) is 15.4. The highest BCUT2D eigenvalue weighted by Crippen LogP contribution is 2.37. The SMILES string of the molecule is COC(=O)c1oc(-c2cc(OC)c(F)cc2Cl)cc1NC(=O)NC1CNC(=O)C1. The van der Waals surface area contributed by atoms with Gasteiger partial charge in [0.05, 0.1) is 31.0 Å². The summed E-state index contributed by atoms with van der Waals surface area (Å²) in [5.74, 6) is -1.95. The molecule has 0 spiro atoms. The monoisotopic (exact) mass is 425 g/mol. The number of rotatable bonds is 5. The summed E-state index contributed by atoms with van der Waals surface area (Å²) in [5.41, 5.74) is 0.259. The lowest BCUT2D eigenvalue weighted by Gasteiger charge is -2.11. The van der Waals surface area contributed by atoms with Crippen LogP contribution in [0, 0.1) is 5.82 Å². The Morgan fingerprint density at radius 1 is 1.31 bits per heavy atom. The second-order valence-electron chi connectivity index (χ2n) is 6.12. The topological polar surface area (TPSA) is 119 Å². The molecule has 0 aliphatic carbocycles. The van der Waals surface area contributed by atoms with Gasteiger partial charge in [-0.1, -0.05) is 11.6 Å². The Kier molecular flexibility index (Phi) is 5.92. The molecule has 2 aromatic rings. The molecule has 1 fully saturated rings. The Morgan fingerprint density at radius 2 is 2.07 bits per heavy atom. The van der Waals surface area contributed by atoms with Crippen LogP contribution in [0.15, 0.2) is 22.6 Å². The number of hydrogen-bond donors (Lipinski definition) is 3. The molecular weight excluding hydrogens is 409 g/mol. The molecule has 2 heterocycles. The largest absolute Gasteiger partial charge is 0.494 e. The van der Waals surface area contributed by atoms with Gasteiger partial charge in [0.1, 0.15) is 5.76 Å². The number of furan rings is 1. The Labute approximate surface area is 169 Å². The van der Waals surface area contributed by atoms with Gasteiger partial charge in [-0.25, -0.2) is 14.0 Å². The first kappa shape index (κ1) is 20.5. The van der Waals surface area contributed by atoms with Gasteiger partial charge in [-0.15, -0.1) is 0 Å². The van der Waals surface area contributed by atoms with Crippen LogP contribution in [-0.4, -0.2) is 44.7 Å². The molecule has 1 aromatic heterocycles. The predicted octanol–water partition coefficient (Wildman–Crippen LogP) is 2.54. The Morgan fingerprint density at radius 3 is 2.69 bits per heavy atom. The Bertz CT molecular complexity index is 977. The Hall–Kier alpha value is -3.27. The summed E-state index contributed by atoms with van der Waals surface area (Å²) in [6.45, 7) is 0.303. The lowest BCUT2D eigenvalue weighted by Crippen LogP contribution is -2.39. The summed E-state index contributed by atoms with van der Waals surface area (Å²) < 4.78 is 28.9. The number of esters is 1. The second kappa shape index (κ2) is 8.39. The van der Waals surface area contributed by atoms with Gasteiger partial charge in [0, 0.05) is 24.6 Å². The van der Waals surface area contributed by atoms with Crippen molar-refractivity contribution >= 4 is 35.2 Å². The van der Waals surface area contributed by atoms with E-state index in [2.05, 4.69) is 20.7 Å². The molecule has 29 heavy (non-hydrogen) atoms. The average molecular weight is 426 g/mol. The summed E-state index contributed by atoms with van der Waals surface area (Å²) in [6.07, 6.45) is 0.152. The number of amides is 3. The van der Waals surface area contributed by atoms with E-state index < -0.39 is 17.8 Å². The molecule has 3 N–H and O–H groups in total. The van der Waals surface area contributed by atoms with Crippen LogP contribution in [0.4, 0.5) is 14.9 Å². The number of carbonyl (C=O) groups excluding carboxylic acids is 3. The maximum atomic E-state index is 13.8. The van der Waals surface area contributed by atoms with Crippen molar-refractivity contribution in [1.82, 2.24) is 10.6 Å². The summed E-state index contributed by atoms with van der Waals surface area (Å²) in [7, 11) is 2.44. The number of benzene rings is 1. The van der Waals surface area contributed by atoms with E-state index in [1.807, 2.05) is 0 Å². The minimum atomic E-state index is -0.838. The molecule has 1 aliphatic rings. The first-order valence-corrected chi connectivity index (χ1v) is 8.80. The third kappa shape index (κ3) is 4.43. The molecule has 0 saturated carbocycles. The van der Waals surface area contributed by atoms with Crippen molar-refractivity contribution in [2.75, 3.05) is 26.1 Å². The highest BCUT2D eigenvalue weighted by molar-refractivity contribution is 6.33. The van der Waals surface area contributed by atoms with Gasteiger partial charge >= 0.3 is 12.0 Å². The number of hydrogen-bond acceptors (Lipinski definition) is 6. The van der Waals surface area contributed by atoms with Crippen LogP contribution in [0.2, 0.25) is 5.02 Å². The standard InChI is InChI=1S/C18H17ClFN3O6/c1-27-14-4-9(10(19)5-11(14)20)13-6-12(16(29-13)17(25)28-2)23-18(26)22-8-3-15(24)21-7-8/h4-6,8H,3,7H2,1-2H3,(H,21,24)(H2,22,23,26). The summed E-state index contributed by atoms with van der Waals surface area (Å²) in [5, 5.41) is 7.70. The van der Waals surface area contributed by atoms with E-state index in [4.69, 9.17) is 20.8 Å². The van der Waals surface area contributed by atoms with Crippen LogP contribution in [-0.2, 0) is 9.53 Å². The molecule has 11 heteroatoms. The van der Waals surface area contributed by atoms with Gasteiger partial charge in [0.15, 0.2) is 11.6 Å². The highest BCUT2D eigenvalue weighted by Gasteiger charge is 2.26. The maximum Gasteiger partial charge on any atom is 0.376 e. The fourth-order valence-electron chi connectivity index (χ4n) is 2.79. The van der Waals surface area contributed by atoms with Crippen LogP contribution < -0.4 is 20.7 Å². The van der Waals surface area contributed by atoms with Crippen LogP contribution in [0.1, 0.15) is 17.0 Å². The van der Waals surface area contributed by atoms with Crippen LogP contribution in [0.5, 0.6) is 5.75 Å². The molecule has 9 nitrogen and oxygen atoms in total. The van der Waals surface area contributed by atoms with Crippen LogP contribution in [0.3, 0.4) is 0 Å². The lowest BCUT2D eigenvalue weighted by molar-refractivity contribution is -0.119. The van der Waals surface area contributed by atoms with Crippen molar-refractivity contribution in [3.63, 3.8) is 0 Å². The first-order valence-electron chi connectivity index (χ1n) is 8.42. The van der Waals surface area contributed by atoms with Crippen molar-refractivity contribution in [3.8, 4) is 17.1 Å². The number of halogens is 2. The van der Waals surface area contributed by atoms with Crippen LogP contribution in [0.25, 0.3) is 11.3 Å². The predicted molar refractivity (Wildman–Crippen MR) is 101 cm³/mol. The number of methoxy groups -OCH3 is 2. The van der Waals surface area contributed by atoms with E-state index >= 15 is 0 Å². The molecule has 3 rings (SSSR count). The minimum Gasteiger partial charge on any atom is -0.494 e. The van der Waals surface area contributed by atoms with E-state index in [1.54, 1.807) is 0 Å². The van der Waals surface area contributed by atoms with Gasteiger partial charge in [-0.05, 0) is 12.1 Å². The van der Waals surface area contributed by atoms with Gasteiger partial charge in [-0.3, -0.25) is 4.79 Å². The van der Waals surface area contributed by atoms with E-state index in [9.17, 15) is 18.8 Å². The molecule has 154 valence electrons. The zero-order valence-corrected chi connectivity index (χ0v) is 16.2. The van der Waals surface area contributed by atoms with Crippen LogP contribution >= 0.6 is 11.6 Å². The molecule has 1 aliphatic heterocycles. The van der Waals surface area contributed by atoms with E-state index in [0.29, 0.717) is 6.54 Å². The number of urea groups is 1. The van der Waals surface area contributed by atoms with Crippen molar-refractivity contribution < 1.29 is 32.7 Å². The van der Waals surface area contributed by atoms with Crippen molar-refractivity contribution in [1.29, 1.82) is 0 Å². The fourth-order valence-corrected chi connectivity index (χ4v) is 3.03. The molecule has 0 bridgehead atoms. The number of anilines is 1. The fraction of sp³-hybridized carbons (Fsp3) is 0.278. The normalized spacial score (nSPS) is 15.6. The number of ether oxygens (including phenoxy) is 2. The molecular formula is C18H17ClFN3O6. The van der Waals surface area contributed by atoms with E-state index in [1.165, 1.54) is 19.2 Å². The average Bonchev–Trinajstić information content (AvgIpc) is 3.27. The Balaban J connectivity index is 1.90. The summed E-state index contributed by atoms with van der Waals surface area (Å²) in [4.78, 5) is 35.5. The van der Waals surface area contributed by atoms with Crippen molar-refractivity contribution in [2.24, 2.45) is 0 Å². The van der Waals surface area contributed by atoms with Gasteiger partial charge < -0.3 is 29.8 Å². The first-order chi connectivity index (χ1) is 13.8. The van der Waals surface area contributed by atoms with Crippen molar-refractivity contribution in [3.05, 3.63) is 34.8 Å². The van der Waals surface area contributed by atoms with Crippen molar-refractivity contribution in [2.45, 2.75) is 12.5 Å². The molecule has 1 saturated heterocycles.